The first-order valence-corrected chi connectivity index (χ1v) is 7.18. The topological polar surface area (TPSA) is 38.0 Å². The van der Waals surface area contributed by atoms with Crippen LogP contribution in [-0.4, -0.2) is 6.04 Å². The Morgan fingerprint density at radius 3 is 2.83 bits per heavy atom. The molecule has 1 aliphatic carbocycles. The van der Waals surface area contributed by atoms with Crippen LogP contribution in [0.15, 0.2) is 16.6 Å². The lowest BCUT2D eigenvalue weighted by Crippen LogP contribution is -2.32. The van der Waals surface area contributed by atoms with Gasteiger partial charge in [-0.1, -0.05) is 20.3 Å². The molecule has 0 saturated heterocycles. The molecular formula is C14H20BrFN2. The first-order valence-electron chi connectivity index (χ1n) is 6.38. The number of hydrogen-bond acceptors (Lipinski definition) is 2. The summed E-state index contributed by atoms with van der Waals surface area (Å²) in [5.41, 5.74) is 7.57. The molecule has 0 spiro atoms. The van der Waals surface area contributed by atoms with Crippen LogP contribution in [0.3, 0.4) is 0 Å². The van der Waals surface area contributed by atoms with Gasteiger partial charge in [0.05, 0.1) is 15.8 Å². The number of nitrogens with one attached hydrogen (secondary N) is 1. The maximum Gasteiger partial charge on any atom is 0.139 e. The Morgan fingerprint density at radius 2 is 2.17 bits per heavy atom. The van der Waals surface area contributed by atoms with Crippen molar-refractivity contribution >= 4 is 27.3 Å². The van der Waals surface area contributed by atoms with Crippen LogP contribution < -0.4 is 11.1 Å². The van der Waals surface area contributed by atoms with Crippen LogP contribution in [0.1, 0.15) is 39.5 Å². The highest BCUT2D eigenvalue weighted by atomic mass is 79.9. The summed E-state index contributed by atoms with van der Waals surface area (Å²) >= 11 is 3.14. The Bertz CT molecular complexity index is 446. The zero-order valence-electron chi connectivity index (χ0n) is 10.9. The van der Waals surface area contributed by atoms with Gasteiger partial charge in [0, 0.05) is 12.1 Å². The Hall–Kier alpha value is -0.770. The average Bonchev–Trinajstić information content (AvgIpc) is 2.24. The van der Waals surface area contributed by atoms with Crippen molar-refractivity contribution in [1.82, 2.24) is 0 Å². The van der Waals surface area contributed by atoms with Crippen LogP contribution in [0.25, 0.3) is 0 Å². The van der Waals surface area contributed by atoms with Crippen molar-refractivity contribution in [2.45, 2.75) is 45.6 Å². The van der Waals surface area contributed by atoms with E-state index < -0.39 is 0 Å². The van der Waals surface area contributed by atoms with E-state index in [4.69, 9.17) is 5.73 Å². The number of rotatable bonds is 2. The van der Waals surface area contributed by atoms with E-state index in [0.29, 0.717) is 27.3 Å². The number of nitrogen functional groups attached to an aromatic ring is 1. The van der Waals surface area contributed by atoms with Gasteiger partial charge in [0.1, 0.15) is 5.82 Å². The summed E-state index contributed by atoms with van der Waals surface area (Å²) in [6.07, 6.45) is 4.70. The average molecular weight is 315 g/mol. The van der Waals surface area contributed by atoms with Crippen LogP contribution in [0, 0.1) is 11.2 Å². The largest absolute Gasteiger partial charge is 0.397 e. The van der Waals surface area contributed by atoms with Crippen molar-refractivity contribution in [1.29, 1.82) is 0 Å². The van der Waals surface area contributed by atoms with Crippen molar-refractivity contribution in [3.8, 4) is 0 Å². The van der Waals surface area contributed by atoms with E-state index in [0.717, 1.165) is 12.8 Å². The standard InChI is InChI=1S/C14H20BrFN2/c1-14(2)5-3-4-9(8-14)18-13-7-11(16)10(15)6-12(13)17/h6-7,9,18H,3-5,8,17H2,1-2H3. The Morgan fingerprint density at radius 1 is 1.44 bits per heavy atom. The molecule has 100 valence electrons. The third-order valence-electron chi connectivity index (χ3n) is 3.66. The minimum absolute atomic E-state index is 0.276. The maximum atomic E-state index is 13.5. The van der Waals surface area contributed by atoms with E-state index in [9.17, 15) is 4.39 Å². The summed E-state index contributed by atoms with van der Waals surface area (Å²) in [6, 6.07) is 3.48. The lowest BCUT2D eigenvalue weighted by molar-refractivity contribution is 0.229. The second-order valence-electron chi connectivity index (χ2n) is 5.96. The molecule has 3 N–H and O–H groups in total. The first kappa shape index (κ1) is 13.7. The minimum atomic E-state index is -0.276. The van der Waals surface area contributed by atoms with E-state index in [1.165, 1.54) is 18.9 Å². The molecule has 1 unspecified atom stereocenters. The fourth-order valence-corrected chi connectivity index (χ4v) is 3.09. The predicted molar refractivity (Wildman–Crippen MR) is 78.2 cm³/mol. The zero-order chi connectivity index (χ0) is 13.3. The van der Waals surface area contributed by atoms with Crippen molar-refractivity contribution < 1.29 is 4.39 Å². The number of halogens is 2. The van der Waals surface area contributed by atoms with E-state index in [1.54, 1.807) is 6.07 Å². The van der Waals surface area contributed by atoms with Crippen LogP contribution in [0.4, 0.5) is 15.8 Å². The summed E-state index contributed by atoms with van der Waals surface area (Å²) in [4.78, 5) is 0. The summed E-state index contributed by atoms with van der Waals surface area (Å²) in [5.74, 6) is -0.276. The summed E-state index contributed by atoms with van der Waals surface area (Å²) < 4.78 is 13.9. The Balaban J connectivity index is 2.12. The van der Waals surface area contributed by atoms with Crippen LogP contribution in [-0.2, 0) is 0 Å². The summed E-state index contributed by atoms with van der Waals surface area (Å²) in [6.45, 7) is 4.57. The third-order valence-corrected chi connectivity index (χ3v) is 4.26. The quantitative estimate of drug-likeness (QED) is 0.786. The van der Waals surface area contributed by atoms with Crippen molar-refractivity contribution in [2.24, 2.45) is 5.41 Å². The van der Waals surface area contributed by atoms with Gasteiger partial charge in [-0.2, -0.15) is 0 Å². The molecule has 0 amide bonds. The number of nitrogens with two attached hydrogens (primary N) is 1. The zero-order valence-corrected chi connectivity index (χ0v) is 12.5. The highest BCUT2D eigenvalue weighted by Gasteiger charge is 2.28. The van der Waals surface area contributed by atoms with E-state index in [1.807, 2.05) is 0 Å². The molecule has 0 aliphatic heterocycles. The number of benzene rings is 1. The number of hydrogen-bond donors (Lipinski definition) is 2. The molecule has 1 atom stereocenters. The van der Waals surface area contributed by atoms with Gasteiger partial charge in [-0.3, -0.25) is 0 Å². The molecular weight excluding hydrogens is 295 g/mol. The fraction of sp³-hybridized carbons (Fsp3) is 0.571. The lowest BCUT2D eigenvalue weighted by Gasteiger charge is -2.36. The van der Waals surface area contributed by atoms with Gasteiger partial charge in [-0.25, -0.2) is 4.39 Å². The molecule has 2 rings (SSSR count). The van der Waals surface area contributed by atoms with E-state index in [-0.39, 0.29) is 5.82 Å². The van der Waals surface area contributed by atoms with Gasteiger partial charge >= 0.3 is 0 Å². The van der Waals surface area contributed by atoms with Crippen molar-refractivity contribution in [3.05, 3.63) is 22.4 Å². The van der Waals surface area contributed by atoms with Crippen molar-refractivity contribution in [2.75, 3.05) is 11.1 Å². The Labute approximate surface area is 116 Å². The third kappa shape index (κ3) is 3.16. The molecule has 1 aliphatic rings. The minimum Gasteiger partial charge on any atom is -0.397 e. The van der Waals surface area contributed by atoms with Gasteiger partial charge in [-0.05, 0) is 46.7 Å². The van der Waals surface area contributed by atoms with Gasteiger partial charge in [0.15, 0.2) is 0 Å². The lowest BCUT2D eigenvalue weighted by atomic mass is 9.75. The normalized spacial score (nSPS) is 22.8. The first-order chi connectivity index (χ1) is 8.37. The van der Waals surface area contributed by atoms with Gasteiger partial charge in [-0.15, -0.1) is 0 Å². The van der Waals surface area contributed by atoms with E-state index >= 15 is 0 Å². The molecule has 2 nitrogen and oxygen atoms in total. The van der Waals surface area contributed by atoms with Crippen LogP contribution in [0.5, 0.6) is 0 Å². The van der Waals surface area contributed by atoms with Crippen LogP contribution in [0.2, 0.25) is 0 Å². The molecule has 1 aromatic carbocycles. The highest BCUT2D eigenvalue weighted by Crippen LogP contribution is 2.37. The molecule has 0 radical (unpaired) electrons. The molecule has 1 aromatic rings. The van der Waals surface area contributed by atoms with Gasteiger partial charge in [0.2, 0.25) is 0 Å². The monoisotopic (exact) mass is 314 g/mol. The van der Waals surface area contributed by atoms with Gasteiger partial charge < -0.3 is 11.1 Å². The molecule has 0 heterocycles. The molecule has 0 bridgehead atoms. The number of anilines is 2. The summed E-state index contributed by atoms with van der Waals surface area (Å²) in [7, 11) is 0. The van der Waals surface area contributed by atoms with E-state index in [2.05, 4.69) is 35.1 Å². The Kier molecular flexibility index (Phi) is 3.85. The molecule has 1 saturated carbocycles. The maximum absolute atomic E-state index is 13.5. The molecule has 0 aromatic heterocycles. The van der Waals surface area contributed by atoms with Crippen molar-refractivity contribution in [3.63, 3.8) is 0 Å². The molecule has 1 fully saturated rings. The summed E-state index contributed by atoms with van der Waals surface area (Å²) in [5, 5.41) is 3.39. The second kappa shape index (κ2) is 5.08. The van der Waals surface area contributed by atoms with Gasteiger partial charge in [0.25, 0.3) is 0 Å². The fourth-order valence-electron chi connectivity index (χ4n) is 2.73. The smallest absolute Gasteiger partial charge is 0.139 e. The SMILES string of the molecule is CC1(C)CCCC(Nc2cc(F)c(Br)cc2N)C1. The molecule has 4 heteroatoms. The molecule has 18 heavy (non-hydrogen) atoms. The van der Waals surface area contributed by atoms with Crippen LogP contribution >= 0.6 is 15.9 Å². The predicted octanol–water partition coefficient (Wildman–Crippen LogP) is 4.55. The second-order valence-corrected chi connectivity index (χ2v) is 6.81. The highest BCUT2D eigenvalue weighted by molar-refractivity contribution is 9.10.